The summed E-state index contributed by atoms with van der Waals surface area (Å²) in [4.78, 5) is 4.08. The smallest absolute Gasteiger partial charge is 0.0300 e. The van der Waals surface area contributed by atoms with Gasteiger partial charge in [-0.05, 0) is 36.6 Å². The Balaban J connectivity index is 2.18. The van der Waals surface area contributed by atoms with Crippen LogP contribution in [0.1, 0.15) is 19.4 Å². The first-order valence-electron chi connectivity index (χ1n) is 5.44. The van der Waals surface area contributed by atoms with E-state index in [1.807, 2.05) is 12.3 Å². The average molecular weight is 207 g/mol. The van der Waals surface area contributed by atoms with Gasteiger partial charge in [0.25, 0.3) is 0 Å². The highest BCUT2D eigenvalue weighted by Gasteiger charge is 2.13. The molecule has 0 saturated carbocycles. The summed E-state index contributed by atoms with van der Waals surface area (Å²) in [5.41, 5.74) is 7.11. The van der Waals surface area contributed by atoms with E-state index in [4.69, 9.17) is 5.73 Å². The Labute approximate surface area is 92.1 Å². The second kappa shape index (κ2) is 5.83. The molecule has 1 aromatic heterocycles. The van der Waals surface area contributed by atoms with Gasteiger partial charge in [0.15, 0.2) is 0 Å². The van der Waals surface area contributed by atoms with Gasteiger partial charge < -0.3 is 11.1 Å². The van der Waals surface area contributed by atoms with Gasteiger partial charge in [-0.1, -0.05) is 19.9 Å². The van der Waals surface area contributed by atoms with Crippen molar-refractivity contribution < 1.29 is 0 Å². The summed E-state index contributed by atoms with van der Waals surface area (Å²) in [5, 5.41) is 3.42. The lowest BCUT2D eigenvalue weighted by atomic mass is 9.94. The van der Waals surface area contributed by atoms with Crippen molar-refractivity contribution in [3.8, 4) is 0 Å². The third kappa shape index (κ3) is 4.91. The van der Waals surface area contributed by atoms with Gasteiger partial charge >= 0.3 is 0 Å². The normalized spacial score (nSPS) is 11.7. The first-order valence-corrected chi connectivity index (χ1v) is 5.44. The lowest BCUT2D eigenvalue weighted by molar-refractivity contribution is 0.353. The van der Waals surface area contributed by atoms with Gasteiger partial charge in [-0.15, -0.1) is 0 Å². The zero-order valence-corrected chi connectivity index (χ0v) is 9.66. The molecule has 3 heteroatoms. The molecule has 15 heavy (non-hydrogen) atoms. The van der Waals surface area contributed by atoms with Crippen LogP contribution in [0, 0.1) is 5.41 Å². The van der Waals surface area contributed by atoms with Crippen LogP contribution in [0.3, 0.4) is 0 Å². The standard InChI is InChI=1S/C12H21N3/c1-12(2,9-13)10-15-7-5-11-4-3-6-14-8-11/h3-4,6,8,15H,5,7,9-10,13H2,1-2H3. The molecule has 0 atom stereocenters. The van der Waals surface area contributed by atoms with E-state index < -0.39 is 0 Å². The summed E-state index contributed by atoms with van der Waals surface area (Å²) in [5.74, 6) is 0. The monoisotopic (exact) mass is 207 g/mol. The molecule has 0 bridgehead atoms. The molecule has 0 unspecified atom stereocenters. The molecule has 0 aromatic carbocycles. The predicted octanol–water partition coefficient (Wildman–Crippen LogP) is 1.20. The predicted molar refractivity (Wildman–Crippen MR) is 63.6 cm³/mol. The fourth-order valence-electron chi connectivity index (χ4n) is 1.28. The molecule has 0 saturated heterocycles. The van der Waals surface area contributed by atoms with Crippen LogP contribution in [0.15, 0.2) is 24.5 Å². The Morgan fingerprint density at radius 3 is 2.87 bits per heavy atom. The molecular weight excluding hydrogens is 186 g/mol. The highest BCUT2D eigenvalue weighted by molar-refractivity contribution is 5.08. The number of pyridine rings is 1. The Kier molecular flexibility index (Phi) is 4.72. The van der Waals surface area contributed by atoms with Crippen LogP contribution in [0.4, 0.5) is 0 Å². The summed E-state index contributed by atoms with van der Waals surface area (Å²) in [6, 6.07) is 4.07. The first-order chi connectivity index (χ1) is 7.14. The summed E-state index contributed by atoms with van der Waals surface area (Å²) in [6.07, 6.45) is 4.73. The fourth-order valence-corrected chi connectivity index (χ4v) is 1.28. The van der Waals surface area contributed by atoms with Gasteiger partial charge in [-0.3, -0.25) is 4.98 Å². The molecule has 0 aliphatic heterocycles. The lowest BCUT2D eigenvalue weighted by Crippen LogP contribution is -2.36. The van der Waals surface area contributed by atoms with Crippen LogP contribution in [-0.4, -0.2) is 24.6 Å². The van der Waals surface area contributed by atoms with Crippen molar-refractivity contribution >= 4 is 0 Å². The van der Waals surface area contributed by atoms with Gasteiger partial charge in [-0.25, -0.2) is 0 Å². The summed E-state index contributed by atoms with van der Waals surface area (Å²) < 4.78 is 0. The largest absolute Gasteiger partial charge is 0.330 e. The number of nitrogens with one attached hydrogen (secondary N) is 1. The molecule has 1 heterocycles. The maximum atomic E-state index is 5.65. The van der Waals surface area contributed by atoms with E-state index in [1.165, 1.54) is 5.56 Å². The highest BCUT2D eigenvalue weighted by atomic mass is 14.9. The molecular formula is C12H21N3. The van der Waals surface area contributed by atoms with Crippen LogP contribution in [-0.2, 0) is 6.42 Å². The molecule has 0 amide bonds. The maximum Gasteiger partial charge on any atom is 0.0300 e. The van der Waals surface area contributed by atoms with Crippen molar-refractivity contribution in [1.29, 1.82) is 0 Å². The van der Waals surface area contributed by atoms with Crippen molar-refractivity contribution in [2.45, 2.75) is 20.3 Å². The van der Waals surface area contributed by atoms with Crippen molar-refractivity contribution in [2.24, 2.45) is 11.1 Å². The third-order valence-electron chi connectivity index (χ3n) is 2.47. The number of hydrogen-bond acceptors (Lipinski definition) is 3. The molecule has 1 rings (SSSR count). The minimum absolute atomic E-state index is 0.189. The van der Waals surface area contributed by atoms with Gasteiger partial charge in [0.1, 0.15) is 0 Å². The van der Waals surface area contributed by atoms with E-state index in [9.17, 15) is 0 Å². The van der Waals surface area contributed by atoms with Crippen LogP contribution < -0.4 is 11.1 Å². The zero-order valence-electron chi connectivity index (χ0n) is 9.66. The van der Waals surface area contributed by atoms with E-state index in [0.29, 0.717) is 6.54 Å². The molecule has 0 spiro atoms. The lowest BCUT2D eigenvalue weighted by Gasteiger charge is -2.22. The highest BCUT2D eigenvalue weighted by Crippen LogP contribution is 2.09. The quantitative estimate of drug-likeness (QED) is 0.689. The number of nitrogens with zero attached hydrogens (tertiary/aromatic N) is 1. The molecule has 0 aliphatic rings. The number of rotatable bonds is 6. The Hall–Kier alpha value is -0.930. The molecule has 1 aromatic rings. The minimum Gasteiger partial charge on any atom is -0.330 e. The van der Waals surface area contributed by atoms with Crippen LogP contribution in [0.2, 0.25) is 0 Å². The second-order valence-electron chi connectivity index (χ2n) is 4.66. The first kappa shape index (κ1) is 12.1. The third-order valence-corrected chi connectivity index (χ3v) is 2.47. The Morgan fingerprint density at radius 2 is 2.27 bits per heavy atom. The van der Waals surface area contributed by atoms with Gasteiger partial charge in [0, 0.05) is 18.9 Å². The van der Waals surface area contributed by atoms with Crippen LogP contribution in [0.25, 0.3) is 0 Å². The fraction of sp³-hybridized carbons (Fsp3) is 0.583. The minimum atomic E-state index is 0.189. The molecule has 3 N–H and O–H groups in total. The number of nitrogens with two attached hydrogens (primary N) is 1. The van der Waals surface area contributed by atoms with Crippen LogP contribution in [0.5, 0.6) is 0 Å². The molecule has 0 radical (unpaired) electrons. The van der Waals surface area contributed by atoms with Crippen molar-refractivity contribution in [3.05, 3.63) is 30.1 Å². The molecule has 0 aliphatic carbocycles. The zero-order chi connectivity index (χ0) is 11.1. The summed E-state index contributed by atoms with van der Waals surface area (Å²) in [6.45, 7) is 7.00. The molecule has 3 nitrogen and oxygen atoms in total. The van der Waals surface area contributed by atoms with Crippen molar-refractivity contribution in [2.75, 3.05) is 19.6 Å². The average Bonchev–Trinajstić information content (AvgIpc) is 2.26. The number of hydrogen-bond donors (Lipinski definition) is 2. The van der Waals surface area contributed by atoms with E-state index in [0.717, 1.165) is 19.5 Å². The SMILES string of the molecule is CC(C)(CN)CNCCc1cccnc1. The summed E-state index contributed by atoms with van der Waals surface area (Å²) >= 11 is 0. The van der Waals surface area contributed by atoms with Gasteiger partial charge in [0.05, 0.1) is 0 Å². The topological polar surface area (TPSA) is 50.9 Å². The molecule has 84 valence electrons. The Bertz CT molecular complexity index is 269. The van der Waals surface area contributed by atoms with E-state index in [1.54, 1.807) is 6.20 Å². The Morgan fingerprint density at radius 1 is 1.47 bits per heavy atom. The maximum absolute atomic E-state index is 5.65. The number of aromatic nitrogens is 1. The van der Waals surface area contributed by atoms with E-state index >= 15 is 0 Å². The van der Waals surface area contributed by atoms with E-state index in [2.05, 4.69) is 30.2 Å². The molecule has 0 fully saturated rings. The second-order valence-corrected chi connectivity index (χ2v) is 4.66. The summed E-state index contributed by atoms with van der Waals surface area (Å²) in [7, 11) is 0. The van der Waals surface area contributed by atoms with Crippen molar-refractivity contribution in [3.63, 3.8) is 0 Å². The van der Waals surface area contributed by atoms with E-state index in [-0.39, 0.29) is 5.41 Å². The van der Waals surface area contributed by atoms with Gasteiger partial charge in [0.2, 0.25) is 0 Å². The van der Waals surface area contributed by atoms with Crippen molar-refractivity contribution in [1.82, 2.24) is 10.3 Å². The van der Waals surface area contributed by atoms with Gasteiger partial charge in [-0.2, -0.15) is 0 Å². The van der Waals surface area contributed by atoms with Crippen LogP contribution >= 0.6 is 0 Å².